The first kappa shape index (κ1) is 15.6. The highest BCUT2D eigenvalue weighted by molar-refractivity contribution is 7.11. The van der Waals surface area contributed by atoms with Gasteiger partial charge in [0.05, 0.1) is 11.7 Å². The second kappa shape index (κ2) is 6.86. The van der Waals surface area contributed by atoms with Gasteiger partial charge in [-0.15, -0.1) is 11.3 Å². The normalized spacial score (nSPS) is 19.2. The van der Waals surface area contributed by atoms with Gasteiger partial charge in [-0.25, -0.2) is 9.97 Å². The summed E-state index contributed by atoms with van der Waals surface area (Å²) < 4.78 is 0. The molecule has 0 spiro atoms. The zero-order valence-electron chi connectivity index (χ0n) is 13.6. The standard InChI is InChI=1S/C17H24N4S/c1-13-6-7-15(22-13)12-21-10-4-5-16(21)17-18-9-8-14(19-17)11-20(2)3/h6-9,16H,4-5,10-12H2,1-3H3/t16-/m1/s1. The smallest absolute Gasteiger partial charge is 0.145 e. The van der Waals surface area contributed by atoms with Gasteiger partial charge < -0.3 is 4.90 Å². The van der Waals surface area contributed by atoms with Crippen LogP contribution >= 0.6 is 11.3 Å². The van der Waals surface area contributed by atoms with Crippen molar-refractivity contribution in [3.63, 3.8) is 0 Å². The van der Waals surface area contributed by atoms with Crippen molar-refractivity contribution in [2.75, 3.05) is 20.6 Å². The quantitative estimate of drug-likeness (QED) is 0.847. The summed E-state index contributed by atoms with van der Waals surface area (Å²) in [4.78, 5) is 16.9. The lowest BCUT2D eigenvalue weighted by Crippen LogP contribution is -2.24. The summed E-state index contributed by atoms with van der Waals surface area (Å²) in [6.45, 7) is 5.20. The van der Waals surface area contributed by atoms with Gasteiger partial charge in [-0.1, -0.05) is 0 Å². The molecule has 1 fully saturated rings. The van der Waals surface area contributed by atoms with Crippen molar-refractivity contribution in [2.45, 2.75) is 38.9 Å². The molecule has 5 heteroatoms. The van der Waals surface area contributed by atoms with Crippen LogP contribution in [0.15, 0.2) is 24.4 Å². The highest BCUT2D eigenvalue weighted by Gasteiger charge is 2.28. The van der Waals surface area contributed by atoms with E-state index in [9.17, 15) is 0 Å². The average molecular weight is 316 g/mol. The molecule has 0 radical (unpaired) electrons. The van der Waals surface area contributed by atoms with Crippen molar-refractivity contribution in [3.8, 4) is 0 Å². The van der Waals surface area contributed by atoms with Gasteiger partial charge in [-0.05, 0) is 58.6 Å². The number of aryl methyl sites for hydroxylation is 1. The van der Waals surface area contributed by atoms with E-state index in [4.69, 9.17) is 4.98 Å². The average Bonchev–Trinajstić information content (AvgIpc) is 3.08. The molecule has 2 aromatic rings. The summed E-state index contributed by atoms with van der Waals surface area (Å²) in [6.07, 6.45) is 4.30. The summed E-state index contributed by atoms with van der Waals surface area (Å²) in [5, 5.41) is 0. The molecule has 4 nitrogen and oxygen atoms in total. The maximum atomic E-state index is 4.80. The van der Waals surface area contributed by atoms with Crippen molar-refractivity contribution in [1.29, 1.82) is 0 Å². The van der Waals surface area contributed by atoms with Crippen LogP contribution in [0.3, 0.4) is 0 Å². The van der Waals surface area contributed by atoms with Gasteiger partial charge in [0.25, 0.3) is 0 Å². The minimum absolute atomic E-state index is 0.365. The van der Waals surface area contributed by atoms with E-state index >= 15 is 0 Å². The van der Waals surface area contributed by atoms with Gasteiger partial charge in [0.15, 0.2) is 0 Å². The largest absolute Gasteiger partial charge is 0.304 e. The molecule has 1 aliphatic rings. The molecule has 118 valence electrons. The molecular formula is C17H24N4S. The van der Waals surface area contributed by atoms with E-state index in [1.54, 1.807) is 0 Å². The molecule has 2 aromatic heterocycles. The molecular weight excluding hydrogens is 292 g/mol. The maximum absolute atomic E-state index is 4.80. The van der Waals surface area contributed by atoms with Crippen LogP contribution in [-0.4, -0.2) is 40.4 Å². The first-order valence-electron chi connectivity index (χ1n) is 7.88. The topological polar surface area (TPSA) is 32.3 Å². The fourth-order valence-corrected chi connectivity index (χ4v) is 3.98. The zero-order valence-corrected chi connectivity index (χ0v) is 14.4. The van der Waals surface area contributed by atoms with Crippen LogP contribution in [0.25, 0.3) is 0 Å². The lowest BCUT2D eigenvalue weighted by atomic mass is 10.2. The molecule has 1 aliphatic heterocycles. The van der Waals surface area contributed by atoms with E-state index in [1.165, 1.54) is 16.2 Å². The Labute approximate surface area is 136 Å². The molecule has 0 bridgehead atoms. The van der Waals surface area contributed by atoms with E-state index in [1.807, 2.05) is 23.6 Å². The van der Waals surface area contributed by atoms with Crippen LogP contribution in [0.5, 0.6) is 0 Å². The number of hydrogen-bond donors (Lipinski definition) is 0. The Morgan fingerprint density at radius 1 is 1.32 bits per heavy atom. The van der Waals surface area contributed by atoms with Gasteiger partial charge in [0.1, 0.15) is 5.82 Å². The van der Waals surface area contributed by atoms with Gasteiger partial charge in [0, 0.05) is 29.0 Å². The van der Waals surface area contributed by atoms with Gasteiger partial charge in [-0.3, -0.25) is 4.90 Å². The van der Waals surface area contributed by atoms with Crippen LogP contribution < -0.4 is 0 Å². The van der Waals surface area contributed by atoms with E-state index in [0.717, 1.165) is 37.6 Å². The predicted octanol–water partition coefficient (Wildman–Crippen LogP) is 3.25. The van der Waals surface area contributed by atoms with Crippen molar-refractivity contribution >= 4 is 11.3 Å². The fraction of sp³-hybridized carbons (Fsp3) is 0.529. The Morgan fingerprint density at radius 3 is 2.91 bits per heavy atom. The van der Waals surface area contributed by atoms with E-state index in [2.05, 4.69) is 47.9 Å². The van der Waals surface area contributed by atoms with Crippen molar-refractivity contribution < 1.29 is 0 Å². The third-order valence-electron chi connectivity index (χ3n) is 4.03. The minimum Gasteiger partial charge on any atom is -0.304 e. The SMILES string of the molecule is Cc1ccc(CN2CCC[C@@H]2c2nccc(CN(C)C)n2)s1. The van der Waals surface area contributed by atoms with Crippen molar-refractivity contribution in [3.05, 3.63) is 45.7 Å². The number of thiophene rings is 1. The highest BCUT2D eigenvalue weighted by atomic mass is 32.1. The molecule has 0 N–H and O–H groups in total. The molecule has 0 aromatic carbocycles. The number of likely N-dealkylation sites (tertiary alicyclic amines) is 1. The van der Waals surface area contributed by atoms with Crippen LogP contribution in [0, 0.1) is 6.92 Å². The summed E-state index contributed by atoms with van der Waals surface area (Å²) in [7, 11) is 4.14. The summed E-state index contributed by atoms with van der Waals surface area (Å²) in [5.41, 5.74) is 1.11. The second-order valence-electron chi connectivity index (χ2n) is 6.28. The monoisotopic (exact) mass is 316 g/mol. The Hall–Kier alpha value is -1.30. The Balaban J connectivity index is 1.75. The molecule has 0 amide bonds. The summed E-state index contributed by atoms with van der Waals surface area (Å²) >= 11 is 1.89. The number of hydrogen-bond acceptors (Lipinski definition) is 5. The van der Waals surface area contributed by atoms with E-state index in [0.29, 0.717) is 6.04 Å². The van der Waals surface area contributed by atoms with Crippen LogP contribution in [0.2, 0.25) is 0 Å². The first-order valence-corrected chi connectivity index (χ1v) is 8.69. The third kappa shape index (κ3) is 3.72. The molecule has 0 unspecified atom stereocenters. The lowest BCUT2D eigenvalue weighted by molar-refractivity contribution is 0.241. The number of aromatic nitrogens is 2. The van der Waals surface area contributed by atoms with Crippen LogP contribution in [0.1, 0.15) is 40.2 Å². The van der Waals surface area contributed by atoms with Gasteiger partial charge >= 0.3 is 0 Å². The molecule has 1 atom stereocenters. The molecule has 0 saturated carbocycles. The Bertz CT molecular complexity index is 623. The number of rotatable bonds is 5. The molecule has 3 heterocycles. The molecule has 1 saturated heterocycles. The molecule has 3 rings (SSSR count). The minimum atomic E-state index is 0.365. The van der Waals surface area contributed by atoms with Gasteiger partial charge in [-0.2, -0.15) is 0 Å². The third-order valence-corrected chi connectivity index (χ3v) is 5.01. The summed E-state index contributed by atoms with van der Waals surface area (Å²) in [6, 6.07) is 6.84. The lowest BCUT2D eigenvalue weighted by Gasteiger charge is -2.23. The number of nitrogens with zero attached hydrogens (tertiary/aromatic N) is 4. The van der Waals surface area contributed by atoms with Crippen molar-refractivity contribution in [1.82, 2.24) is 19.8 Å². The summed E-state index contributed by atoms with van der Waals surface area (Å²) in [5.74, 6) is 0.991. The second-order valence-corrected chi connectivity index (χ2v) is 7.66. The highest BCUT2D eigenvalue weighted by Crippen LogP contribution is 2.32. The Morgan fingerprint density at radius 2 is 2.18 bits per heavy atom. The Kier molecular flexibility index (Phi) is 4.86. The molecule has 0 aliphatic carbocycles. The first-order chi connectivity index (χ1) is 10.6. The van der Waals surface area contributed by atoms with Crippen LogP contribution in [-0.2, 0) is 13.1 Å². The zero-order chi connectivity index (χ0) is 15.5. The van der Waals surface area contributed by atoms with Crippen molar-refractivity contribution in [2.24, 2.45) is 0 Å². The van der Waals surface area contributed by atoms with E-state index in [-0.39, 0.29) is 0 Å². The van der Waals surface area contributed by atoms with Crippen LogP contribution in [0.4, 0.5) is 0 Å². The van der Waals surface area contributed by atoms with E-state index < -0.39 is 0 Å². The fourth-order valence-electron chi connectivity index (χ4n) is 3.06. The van der Waals surface area contributed by atoms with Gasteiger partial charge in [0.2, 0.25) is 0 Å². The predicted molar refractivity (Wildman–Crippen MR) is 90.9 cm³/mol. The maximum Gasteiger partial charge on any atom is 0.145 e. The molecule has 22 heavy (non-hydrogen) atoms.